The number of carbonyl (C=O) groups excluding carboxylic acids is 1. The fourth-order valence-electron chi connectivity index (χ4n) is 3.84. The van der Waals surface area contributed by atoms with E-state index in [9.17, 15) is 9.59 Å². The second-order valence-electron chi connectivity index (χ2n) is 7.57. The predicted molar refractivity (Wildman–Crippen MR) is 98.6 cm³/mol. The SMILES string of the molecule is Cc1cccc(-c2ccc(C(=O)N(C)C(C3CC3)C3CC3)c(=O)[nH]2)c1. The zero-order chi connectivity index (χ0) is 17.6. The molecule has 1 aromatic heterocycles. The van der Waals surface area contributed by atoms with Gasteiger partial charge in [-0.2, -0.15) is 0 Å². The lowest BCUT2D eigenvalue weighted by molar-refractivity contribution is 0.0688. The van der Waals surface area contributed by atoms with E-state index in [0.29, 0.717) is 17.9 Å². The number of nitrogens with one attached hydrogen (secondary N) is 1. The van der Waals surface area contributed by atoms with Crippen molar-refractivity contribution in [1.29, 1.82) is 0 Å². The first kappa shape index (κ1) is 16.1. The Kier molecular flexibility index (Phi) is 3.98. The molecule has 2 aliphatic carbocycles. The number of aromatic nitrogens is 1. The molecule has 4 heteroatoms. The van der Waals surface area contributed by atoms with E-state index in [1.807, 2.05) is 49.2 Å². The average Bonchev–Trinajstić information content (AvgIpc) is 3.49. The minimum atomic E-state index is -0.304. The molecule has 1 heterocycles. The second-order valence-corrected chi connectivity index (χ2v) is 7.57. The first-order chi connectivity index (χ1) is 12.0. The molecule has 1 aromatic carbocycles. The van der Waals surface area contributed by atoms with Gasteiger partial charge < -0.3 is 9.88 Å². The lowest BCUT2D eigenvalue weighted by Gasteiger charge is -2.28. The van der Waals surface area contributed by atoms with Crippen LogP contribution in [0.15, 0.2) is 41.2 Å². The summed E-state index contributed by atoms with van der Waals surface area (Å²) in [5, 5.41) is 0. The van der Waals surface area contributed by atoms with E-state index in [1.54, 1.807) is 6.07 Å². The number of hydrogen-bond donors (Lipinski definition) is 1. The van der Waals surface area contributed by atoms with Gasteiger partial charge in [0.2, 0.25) is 0 Å². The Bertz CT molecular complexity index is 850. The summed E-state index contributed by atoms with van der Waals surface area (Å²) in [5.74, 6) is 1.11. The third-order valence-electron chi connectivity index (χ3n) is 5.45. The number of benzene rings is 1. The molecule has 0 bridgehead atoms. The molecule has 0 aliphatic heterocycles. The molecule has 2 aliphatic rings. The molecular formula is C21H24N2O2. The van der Waals surface area contributed by atoms with E-state index in [2.05, 4.69) is 4.98 Å². The number of amides is 1. The monoisotopic (exact) mass is 336 g/mol. The molecule has 2 aromatic rings. The first-order valence-electron chi connectivity index (χ1n) is 9.12. The number of carbonyl (C=O) groups is 1. The first-order valence-corrected chi connectivity index (χ1v) is 9.12. The lowest BCUT2D eigenvalue weighted by atomic mass is 10.0. The van der Waals surface area contributed by atoms with Crippen molar-refractivity contribution in [3.8, 4) is 11.3 Å². The predicted octanol–water partition coefficient (Wildman–Crippen LogP) is 3.61. The Balaban J connectivity index is 1.60. The Morgan fingerprint density at radius 1 is 1.12 bits per heavy atom. The van der Waals surface area contributed by atoms with Crippen LogP contribution in [0.5, 0.6) is 0 Å². The van der Waals surface area contributed by atoms with Gasteiger partial charge in [-0.05, 0) is 68.2 Å². The van der Waals surface area contributed by atoms with Gasteiger partial charge in [0, 0.05) is 18.8 Å². The summed E-state index contributed by atoms with van der Waals surface area (Å²) < 4.78 is 0. The van der Waals surface area contributed by atoms with Gasteiger partial charge in [-0.15, -0.1) is 0 Å². The molecule has 1 amide bonds. The van der Waals surface area contributed by atoms with Gasteiger partial charge in [0.1, 0.15) is 5.56 Å². The van der Waals surface area contributed by atoms with Crippen molar-refractivity contribution in [2.75, 3.05) is 7.05 Å². The molecule has 130 valence electrons. The maximum atomic E-state index is 12.9. The van der Waals surface area contributed by atoms with Crippen LogP contribution in [-0.2, 0) is 0 Å². The normalized spacial score (nSPS) is 16.9. The molecule has 1 N–H and O–H groups in total. The fourth-order valence-corrected chi connectivity index (χ4v) is 3.84. The van der Waals surface area contributed by atoms with Gasteiger partial charge in [-0.1, -0.05) is 23.8 Å². The van der Waals surface area contributed by atoms with Gasteiger partial charge in [0.25, 0.3) is 11.5 Å². The standard InChI is InChI=1S/C21H24N2O2/c1-13-4-3-5-16(12-13)18-11-10-17(20(24)22-18)21(25)23(2)19(14-6-7-14)15-8-9-15/h3-5,10-12,14-15,19H,6-9H2,1-2H3,(H,22,24). The van der Waals surface area contributed by atoms with E-state index in [-0.39, 0.29) is 17.0 Å². The zero-order valence-electron chi connectivity index (χ0n) is 14.8. The summed E-state index contributed by atoms with van der Waals surface area (Å²) >= 11 is 0. The van der Waals surface area contributed by atoms with Crippen LogP contribution in [0.4, 0.5) is 0 Å². The van der Waals surface area contributed by atoms with Crippen LogP contribution in [0, 0.1) is 18.8 Å². The number of hydrogen-bond acceptors (Lipinski definition) is 2. The van der Waals surface area contributed by atoms with Crippen molar-refractivity contribution in [1.82, 2.24) is 9.88 Å². The molecule has 0 spiro atoms. The molecule has 25 heavy (non-hydrogen) atoms. The summed E-state index contributed by atoms with van der Waals surface area (Å²) in [6.45, 7) is 2.02. The van der Waals surface area contributed by atoms with Crippen LogP contribution < -0.4 is 5.56 Å². The van der Waals surface area contributed by atoms with Gasteiger partial charge in [0.15, 0.2) is 0 Å². The van der Waals surface area contributed by atoms with Gasteiger partial charge in [0.05, 0.1) is 0 Å². The van der Waals surface area contributed by atoms with E-state index < -0.39 is 0 Å². The highest BCUT2D eigenvalue weighted by molar-refractivity contribution is 5.94. The minimum absolute atomic E-state index is 0.152. The average molecular weight is 336 g/mol. The van der Waals surface area contributed by atoms with Crippen LogP contribution in [0.2, 0.25) is 0 Å². The van der Waals surface area contributed by atoms with E-state index in [0.717, 1.165) is 16.8 Å². The molecule has 4 rings (SSSR count). The number of aryl methyl sites for hydroxylation is 1. The third kappa shape index (κ3) is 3.26. The van der Waals surface area contributed by atoms with E-state index >= 15 is 0 Å². The molecule has 4 nitrogen and oxygen atoms in total. The maximum Gasteiger partial charge on any atom is 0.261 e. The largest absolute Gasteiger partial charge is 0.338 e. The molecule has 2 saturated carbocycles. The van der Waals surface area contributed by atoms with Crippen LogP contribution >= 0.6 is 0 Å². The third-order valence-corrected chi connectivity index (χ3v) is 5.45. The van der Waals surface area contributed by atoms with Crippen molar-refractivity contribution < 1.29 is 4.79 Å². The fraction of sp³-hybridized carbons (Fsp3) is 0.429. The van der Waals surface area contributed by atoms with Crippen molar-refractivity contribution >= 4 is 5.91 Å². The van der Waals surface area contributed by atoms with Gasteiger partial charge in [-0.3, -0.25) is 9.59 Å². The topological polar surface area (TPSA) is 53.2 Å². The summed E-state index contributed by atoms with van der Waals surface area (Å²) in [4.78, 5) is 30.1. The number of aromatic amines is 1. The Morgan fingerprint density at radius 2 is 1.80 bits per heavy atom. The van der Waals surface area contributed by atoms with E-state index in [1.165, 1.54) is 25.7 Å². The second kappa shape index (κ2) is 6.17. The Hall–Kier alpha value is -2.36. The molecule has 0 saturated heterocycles. The van der Waals surface area contributed by atoms with Crippen LogP contribution in [0.1, 0.15) is 41.6 Å². The highest BCUT2D eigenvalue weighted by Gasteiger charge is 2.45. The van der Waals surface area contributed by atoms with Crippen LogP contribution in [-0.4, -0.2) is 28.9 Å². The number of nitrogens with zero attached hydrogens (tertiary/aromatic N) is 1. The van der Waals surface area contributed by atoms with Crippen molar-refractivity contribution in [2.45, 2.75) is 38.6 Å². The Labute approximate surface area is 147 Å². The highest BCUT2D eigenvalue weighted by atomic mass is 16.2. The van der Waals surface area contributed by atoms with Gasteiger partial charge in [-0.25, -0.2) is 0 Å². The van der Waals surface area contributed by atoms with Gasteiger partial charge >= 0.3 is 0 Å². The summed E-state index contributed by atoms with van der Waals surface area (Å²) in [5.41, 5.74) is 2.77. The molecule has 2 fully saturated rings. The summed E-state index contributed by atoms with van der Waals surface area (Å²) in [7, 11) is 1.86. The maximum absolute atomic E-state index is 12.9. The quantitative estimate of drug-likeness (QED) is 0.907. The molecule has 0 atom stereocenters. The molecular weight excluding hydrogens is 312 g/mol. The number of pyridine rings is 1. The van der Waals surface area contributed by atoms with Crippen molar-refractivity contribution in [3.05, 3.63) is 57.9 Å². The smallest absolute Gasteiger partial charge is 0.261 e. The van der Waals surface area contributed by atoms with Crippen molar-refractivity contribution in [3.63, 3.8) is 0 Å². The Morgan fingerprint density at radius 3 is 2.36 bits per heavy atom. The summed E-state index contributed by atoms with van der Waals surface area (Å²) in [6.07, 6.45) is 4.84. The van der Waals surface area contributed by atoms with E-state index in [4.69, 9.17) is 0 Å². The minimum Gasteiger partial charge on any atom is -0.338 e. The highest BCUT2D eigenvalue weighted by Crippen LogP contribution is 2.47. The lowest BCUT2D eigenvalue weighted by Crippen LogP contribution is -2.42. The van der Waals surface area contributed by atoms with Crippen LogP contribution in [0.3, 0.4) is 0 Å². The summed E-state index contributed by atoms with van der Waals surface area (Å²) in [6, 6.07) is 11.8. The molecule has 0 radical (unpaired) electrons. The van der Waals surface area contributed by atoms with Crippen molar-refractivity contribution in [2.24, 2.45) is 11.8 Å². The number of H-pyrrole nitrogens is 1. The molecule has 0 unspecified atom stereocenters. The van der Waals surface area contributed by atoms with Crippen LogP contribution in [0.25, 0.3) is 11.3 Å². The number of rotatable bonds is 5. The zero-order valence-corrected chi connectivity index (χ0v) is 14.8.